The van der Waals surface area contributed by atoms with E-state index in [0.29, 0.717) is 24.9 Å². The molecule has 0 spiro atoms. The summed E-state index contributed by atoms with van der Waals surface area (Å²) in [5, 5.41) is 4.61. The van der Waals surface area contributed by atoms with E-state index in [1.165, 1.54) is 0 Å². The van der Waals surface area contributed by atoms with E-state index in [4.69, 9.17) is 15.6 Å². The van der Waals surface area contributed by atoms with Gasteiger partial charge >= 0.3 is 0 Å². The van der Waals surface area contributed by atoms with Crippen molar-refractivity contribution < 1.29 is 13.7 Å². The summed E-state index contributed by atoms with van der Waals surface area (Å²) in [6.45, 7) is 0. The third-order valence-electron chi connectivity index (χ3n) is 7.20. The van der Waals surface area contributed by atoms with Crippen LogP contribution in [0.1, 0.15) is 25.7 Å². The number of amides is 2. The average Bonchev–Trinajstić information content (AvgIpc) is 2.97. The monoisotopic (exact) mass is 552 g/mol. The molecule has 0 aliphatic carbocycles. The van der Waals surface area contributed by atoms with Crippen LogP contribution < -0.4 is 32.2 Å². The molecule has 0 aliphatic rings. The highest BCUT2D eigenvalue weighted by molar-refractivity contribution is 7.12. The molecule has 0 atom stereocenters. The standard InChI is InChI=1S/C32H36N2O3Si2/c33-31(35)23-13-25-38(26-14-24-32(34)36,27-15-5-1-6-16-27)37-39(28-17-7-2-8-18-28,29-19-9-3-10-20-29)30-21-11-4-12-22-30/h1-12,15-22H,13-14,23-26H2,(H2,33,35)(H2,34,36). The van der Waals surface area contributed by atoms with Gasteiger partial charge in [-0.15, -0.1) is 0 Å². The van der Waals surface area contributed by atoms with E-state index in [1.807, 2.05) is 36.4 Å². The molecule has 39 heavy (non-hydrogen) atoms. The van der Waals surface area contributed by atoms with Gasteiger partial charge in [0.05, 0.1) is 0 Å². The zero-order valence-corrected chi connectivity index (χ0v) is 24.2. The van der Waals surface area contributed by atoms with Crippen LogP contribution in [-0.2, 0) is 13.7 Å². The Morgan fingerprint density at radius 3 is 1.13 bits per heavy atom. The van der Waals surface area contributed by atoms with Crippen LogP contribution in [0.3, 0.4) is 0 Å². The van der Waals surface area contributed by atoms with Gasteiger partial charge in [0.2, 0.25) is 20.1 Å². The molecular formula is C32H36N2O3Si2. The summed E-state index contributed by atoms with van der Waals surface area (Å²) < 4.78 is 7.91. The Morgan fingerprint density at radius 1 is 0.513 bits per heavy atom. The molecule has 0 fully saturated rings. The van der Waals surface area contributed by atoms with Crippen molar-refractivity contribution in [1.82, 2.24) is 0 Å². The second-order valence-electron chi connectivity index (χ2n) is 9.88. The van der Waals surface area contributed by atoms with E-state index in [1.54, 1.807) is 0 Å². The predicted molar refractivity (Wildman–Crippen MR) is 163 cm³/mol. The quantitative estimate of drug-likeness (QED) is 0.186. The molecule has 0 aliphatic heterocycles. The molecule has 5 nitrogen and oxygen atoms in total. The van der Waals surface area contributed by atoms with Gasteiger partial charge in [0, 0.05) is 12.8 Å². The number of rotatable bonds is 14. The molecule has 0 saturated heterocycles. The number of carbonyl (C=O) groups is 2. The van der Waals surface area contributed by atoms with Gasteiger partial charge in [0.15, 0.2) is 0 Å². The van der Waals surface area contributed by atoms with Crippen LogP contribution in [0, 0.1) is 0 Å². The number of nitrogens with two attached hydrogens (primary N) is 2. The van der Waals surface area contributed by atoms with Gasteiger partial charge < -0.3 is 15.6 Å². The molecule has 0 saturated carbocycles. The molecule has 200 valence electrons. The first-order chi connectivity index (χ1) is 19.0. The van der Waals surface area contributed by atoms with Gasteiger partial charge in [-0.1, -0.05) is 121 Å². The van der Waals surface area contributed by atoms with Gasteiger partial charge in [-0.05, 0) is 45.7 Å². The van der Waals surface area contributed by atoms with Crippen LogP contribution in [0.5, 0.6) is 0 Å². The maximum Gasteiger partial charge on any atom is 0.278 e. The molecule has 2 amide bonds. The SMILES string of the molecule is NC(=O)CCC[Si](CCCC(N)=O)(O[Si](c1ccccc1)(c1ccccc1)c1ccccc1)c1ccccc1. The zero-order valence-electron chi connectivity index (χ0n) is 22.2. The largest absolute Gasteiger partial charge is 0.442 e. The van der Waals surface area contributed by atoms with Crippen LogP contribution in [0.2, 0.25) is 12.1 Å². The molecule has 0 aromatic heterocycles. The minimum absolute atomic E-state index is 0.289. The van der Waals surface area contributed by atoms with Crippen LogP contribution in [0.25, 0.3) is 0 Å². The molecule has 0 heterocycles. The van der Waals surface area contributed by atoms with Crippen molar-refractivity contribution in [3.8, 4) is 0 Å². The van der Waals surface area contributed by atoms with Crippen LogP contribution >= 0.6 is 0 Å². The molecule has 7 heteroatoms. The van der Waals surface area contributed by atoms with E-state index in [0.717, 1.165) is 20.7 Å². The number of primary amides is 2. The van der Waals surface area contributed by atoms with Crippen molar-refractivity contribution in [2.24, 2.45) is 11.5 Å². The summed E-state index contributed by atoms with van der Waals surface area (Å²) in [7, 11) is -5.91. The number of carbonyl (C=O) groups excluding carboxylic acids is 2. The predicted octanol–water partition coefficient (Wildman–Crippen LogP) is 3.05. The topological polar surface area (TPSA) is 95.4 Å². The Morgan fingerprint density at radius 2 is 0.821 bits per heavy atom. The smallest absolute Gasteiger partial charge is 0.278 e. The number of hydrogen-bond donors (Lipinski definition) is 2. The molecule has 4 aromatic carbocycles. The fourth-order valence-corrected chi connectivity index (χ4v) is 16.6. The third kappa shape index (κ3) is 6.81. The van der Waals surface area contributed by atoms with Crippen molar-refractivity contribution in [2.45, 2.75) is 37.8 Å². The molecule has 4 N–H and O–H groups in total. The maximum absolute atomic E-state index is 11.8. The van der Waals surface area contributed by atoms with Gasteiger partial charge in [-0.25, -0.2) is 0 Å². The van der Waals surface area contributed by atoms with Gasteiger partial charge in [-0.2, -0.15) is 0 Å². The molecular weight excluding hydrogens is 517 g/mol. The highest BCUT2D eigenvalue weighted by Gasteiger charge is 2.50. The summed E-state index contributed by atoms with van der Waals surface area (Å²) in [5.74, 6) is -0.637. The van der Waals surface area contributed by atoms with E-state index in [9.17, 15) is 9.59 Å². The summed E-state index contributed by atoms with van der Waals surface area (Å²) in [5.41, 5.74) is 11.2. The second-order valence-corrected chi connectivity index (χ2v) is 17.4. The minimum Gasteiger partial charge on any atom is -0.442 e. The average molecular weight is 553 g/mol. The minimum atomic E-state index is -3.07. The van der Waals surface area contributed by atoms with Crippen molar-refractivity contribution in [3.05, 3.63) is 121 Å². The first-order valence-corrected chi connectivity index (χ1v) is 17.7. The van der Waals surface area contributed by atoms with Crippen LogP contribution in [0.4, 0.5) is 0 Å². The Labute approximate surface area is 233 Å². The highest BCUT2D eigenvalue weighted by atomic mass is 28.4. The lowest BCUT2D eigenvalue weighted by atomic mass is 10.3. The first-order valence-electron chi connectivity index (χ1n) is 13.5. The fourth-order valence-electron chi connectivity index (χ4n) is 5.40. The number of hydrogen-bond acceptors (Lipinski definition) is 3. The van der Waals surface area contributed by atoms with E-state index < -0.39 is 16.6 Å². The highest BCUT2D eigenvalue weighted by Crippen LogP contribution is 2.28. The summed E-state index contributed by atoms with van der Waals surface area (Å²) >= 11 is 0. The van der Waals surface area contributed by atoms with Crippen molar-refractivity contribution in [3.63, 3.8) is 0 Å². The van der Waals surface area contributed by atoms with Gasteiger partial charge in [0.25, 0.3) is 8.32 Å². The normalized spacial score (nSPS) is 11.7. The van der Waals surface area contributed by atoms with Crippen LogP contribution in [-0.4, -0.2) is 28.4 Å². The Bertz CT molecular complexity index is 1220. The second kappa shape index (κ2) is 13.3. The van der Waals surface area contributed by atoms with Gasteiger partial charge in [-0.3, -0.25) is 9.59 Å². The lowest BCUT2D eigenvalue weighted by Gasteiger charge is -2.43. The van der Waals surface area contributed by atoms with E-state index >= 15 is 0 Å². The van der Waals surface area contributed by atoms with Gasteiger partial charge in [0.1, 0.15) is 0 Å². The van der Waals surface area contributed by atoms with Crippen molar-refractivity contribution >= 4 is 49.2 Å². The lowest BCUT2D eigenvalue weighted by molar-refractivity contribution is -0.118. The first kappa shape index (κ1) is 28.2. The molecule has 0 bridgehead atoms. The molecule has 4 aromatic rings. The molecule has 0 unspecified atom stereocenters. The summed E-state index contributed by atoms with van der Waals surface area (Å²) in [6.07, 6.45) is 1.82. The lowest BCUT2D eigenvalue weighted by Crippen LogP contribution is -2.75. The van der Waals surface area contributed by atoms with Crippen LogP contribution in [0.15, 0.2) is 121 Å². The Balaban J connectivity index is 1.98. The summed E-state index contributed by atoms with van der Waals surface area (Å²) in [4.78, 5) is 23.6. The zero-order chi connectivity index (χ0) is 27.6. The molecule has 0 radical (unpaired) electrons. The van der Waals surface area contributed by atoms with E-state index in [-0.39, 0.29) is 24.7 Å². The third-order valence-corrected chi connectivity index (χ3v) is 17.1. The summed E-state index contributed by atoms with van der Waals surface area (Å²) in [6, 6.07) is 43.3. The molecule has 4 rings (SSSR count). The van der Waals surface area contributed by atoms with E-state index in [2.05, 4.69) is 84.9 Å². The number of benzene rings is 4. The fraction of sp³-hybridized carbons (Fsp3) is 0.188. The Hall–Kier alpha value is -3.79. The Kier molecular flexibility index (Phi) is 9.65. The van der Waals surface area contributed by atoms with Crippen molar-refractivity contribution in [2.75, 3.05) is 0 Å². The van der Waals surface area contributed by atoms with Crippen molar-refractivity contribution in [1.29, 1.82) is 0 Å². The maximum atomic E-state index is 11.8.